The summed E-state index contributed by atoms with van der Waals surface area (Å²) in [5.41, 5.74) is 2.20. The van der Waals surface area contributed by atoms with E-state index < -0.39 is 0 Å². The van der Waals surface area contributed by atoms with Gasteiger partial charge < -0.3 is 4.98 Å². The van der Waals surface area contributed by atoms with Gasteiger partial charge in [0.1, 0.15) is 26.3 Å². The van der Waals surface area contributed by atoms with Gasteiger partial charge in [0, 0.05) is 15.1 Å². The Balaban J connectivity index is 1.70. The van der Waals surface area contributed by atoms with Crippen molar-refractivity contribution in [1.82, 2.24) is 24.8 Å². The number of aromatic amines is 1. The van der Waals surface area contributed by atoms with Gasteiger partial charge in [-0.25, -0.2) is 15.0 Å². The predicted octanol–water partition coefficient (Wildman–Crippen LogP) is 5.36. The van der Waals surface area contributed by atoms with Crippen LogP contribution in [0.4, 0.5) is 0 Å². The van der Waals surface area contributed by atoms with Crippen molar-refractivity contribution in [2.24, 2.45) is 0 Å². The molecule has 4 heterocycles. The fourth-order valence-electron chi connectivity index (χ4n) is 3.58. The highest BCUT2D eigenvalue weighted by atomic mass is 32.2. The summed E-state index contributed by atoms with van der Waals surface area (Å²) in [5, 5.41) is 2.81. The molecule has 0 aliphatic heterocycles. The van der Waals surface area contributed by atoms with Crippen molar-refractivity contribution in [3.8, 4) is 0 Å². The minimum absolute atomic E-state index is 0.0555. The van der Waals surface area contributed by atoms with E-state index in [1.165, 1.54) is 10.4 Å². The van der Waals surface area contributed by atoms with Crippen LogP contribution in [-0.2, 0) is 12.3 Å². The van der Waals surface area contributed by atoms with Crippen LogP contribution in [0.3, 0.4) is 0 Å². The van der Waals surface area contributed by atoms with E-state index in [2.05, 4.69) is 37.6 Å². The summed E-state index contributed by atoms with van der Waals surface area (Å²) in [7, 11) is 0. The first kappa shape index (κ1) is 22.4. The third-order valence-corrected chi connectivity index (χ3v) is 8.92. The zero-order chi connectivity index (χ0) is 22.3. The lowest BCUT2D eigenvalue weighted by atomic mass is 10.2. The van der Waals surface area contributed by atoms with Gasteiger partial charge in [0.15, 0.2) is 0 Å². The van der Waals surface area contributed by atoms with Crippen molar-refractivity contribution in [2.75, 3.05) is 13.1 Å². The number of nitrogens with one attached hydrogen (secondary N) is 1. The zero-order valence-electron chi connectivity index (χ0n) is 18.8. The van der Waals surface area contributed by atoms with Crippen LogP contribution in [0.25, 0.3) is 20.4 Å². The Morgan fingerprint density at radius 3 is 2.16 bits per heavy atom. The van der Waals surface area contributed by atoms with Gasteiger partial charge in [-0.3, -0.25) is 9.69 Å². The monoisotopic (exact) mass is 473 g/mol. The van der Waals surface area contributed by atoms with Crippen LogP contribution in [-0.4, -0.2) is 37.9 Å². The van der Waals surface area contributed by atoms with Gasteiger partial charge in [-0.1, -0.05) is 25.6 Å². The summed E-state index contributed by atoms with van der Waals surface area (Å²) in [6, 6.07) is 0. The Morgan fingerprint density at radius 1 is 0.903 bits per heavy atom. The molecule has 4 aromatic heterocycles. The van der Waals surface area contributed by atoms with Crippen molar-refractivity contribution in [3.63, 3.8) is 0 Å². The van der Waals surface area contributed by atoms with E-state index in [1.807, 2.05) is 13.8 Å². The second kappa shape index (κ2) is 8.97. The summed E-state index contributed by atoms with van der Waals surface area (Å²) in [4.78, 5) is 36.7. The molecule has 0 radical (unpaired) electrons. The first-order valence-corrected chi connectivity index (χ1v) is 13.0. The Hall–Kier alpha value is -1.81. The number of hydrogen-bond donors (Lipinski definition) is 1. The maximum atomic E-state index is 12.6. The largest absolute Gasteiger partial charge is 0.309 e. The van der Waals surface area contributed by atoms with Crippen LogP contribution in [0.5, 0.6) is 0 Å². The number of fused-ring (bicyclic) bond motifs is 2. The third-order valence-electron chi connectivity index (χ3n) is 5.73. The first-order valence-electron chi connectivity index (χ1n) is 10.4. The number of aromatic nitrogens is 4. The summed E-state index contributed by atoms with van der Waals surface area (Å²) in [6.45, 7) is 15.3. The highest BCUT2D eigenvalue weighted by molar-refractivity contribution is 7.98. The maximum Gasteiger partial charge on any atom is 0.259 e. The van der Waals surface area contributed by atoms with E-state index >= 15 is 0 Å². The molecule has 0 aliphatic carbocycles. The molecular weight excluding hydrogens is 446 g/mol. The molecule has 0 aromatic carbocycles. The average Bonchev–Trinajstić information content (AvgIpc) is 3.19. The van der Waals surface area contributed by atoms with Gasteiger partial charge in [-0.05, 0) is 51.9 Å². The zero-order valence-corrected chi connectivity index (χ0v) is 21.2. The molecule has 0 saturated carbocycles. The lowest BCUT2D eigenvalue weighted by Gasteiger charge is -2.17. The van der Waals surface area contributed by atoms with Crippen molar-refractivity contribution >= 4 is 54.9 Å². The molecule has 0 amide bonds. The molecule has 0 atom stereocenters. The number of aryl methyl sites for hydroxylation is 4. The molecule has 0 bridgehead atoms. The fraction of sp³-hybridized carbons (Fsp3) is 0.455. The van der Waals surface area contributed by atoms with Crippen molar-refractivity contribution in [1.29, 1.82) is 0 Å². The maximum absolute atomic E-state index is 12.6. The summed E-state index contributed by atoms with van der Waals surface area (Å²) in [6.07, 6.45) is 0. The Bertz CT molecular complexity index is 1320. The molecular formula is C22H27N5OS3. The normalized spacial score (nSPS) is 12.0. The minimum atomic E-state index is -0.0555. The molecule has 4 rings (SSSR count). The highest BCUT2D eigenvalue weighted by Gasteiger charge is 2.17. The second-order valence-electron chi connectivity index (χ2n) is 7.63. The lowest BCUT2D eigenvalue weighted by molar-refractivity contribution is 0.288. The van der Waals surface area contributed by atoms with E-state index in [0.717, 1.165) is 56.0 Å². The van der Waals surface area contributed by atoms with Gasteiger partial charge in [0.25, 0.3) is 5.56 Å². The van der Waals surface area contributed by atoms with E-state index in [4.69, 9.17) is 15.0 Å². The van der Waals surface area contributed by atoms with Crippen LogP contribution in [0.1, 0.15) is 46.4 Å². The number of rotatable bonds is 7. The van der Waals surface area contributed by atoms with E-state index in [-0.39, 0.29) is 5.56 Å². The minimum Gasteiger partial charge on any atom is -0.309 e. The van der Waals surface area contributed by atoms with E-state index in [0.29, 0.717) is 17.0 Å². The summed E-state index contributed by atoms with van der Waals surface area (Å²) < 4.78 is 0. The molecule has 0 unspecified atom stereocenters. The first-order chi connectivity index (χ1) is 14.8. The summed E-state index contributed by atoms with van der Waals surface area (Å²) in [5.74, 6) is 2.10. The molecule has 0 spiro atoms. The summed E-state index contributed by atoms with van der Waals surface area (Å²) >= 11 is 4.93. The predicted molar refractivity (Wildman–Crippen MR) is 133 cm³/mol. The molecule has 4 aromatic rings. The molecule has 0 fully saturated rings. The topological polar surface area (TPSA) is 74.8 Å². The van der Waals surface area contributed by atoms with Crippen LogP contribution in [0, 0.1) is 27.7 Å². The molecule has 1 N–H and O–H groups in total. The smallest absolute Gasteiger partial charge is 0.259 e. The van der Waals surface area contributed by atoms with Gasteiger partial charge in [0.05, 0.1) is 17.7 Å². The van der Waals surface area contributed by atoms with Crippen LogP contribution < -0.4 is 5.56 Å². The van der Waals surface area contributed by atoms with Crippen molar-refractivity contribution in [3.05, 3.63) is 42.9 Å². The number of hydrogen-bond acceptors (Lipinski definition) is 8. The number of H-pyrrole nitrogens is 1. The Morgan fingerprint density at radius 2 is 1.52 bits per heavy atom. The second-order valence-corrected chi connectivity index (χ2v) is 11.0. The number of thiophene rings is 2. The molecule has 164 valence electrons. The highest BCUT2D eigenvalue weighted by Crippen LogP contribution is 2.36. The standard InChI is InChI=1S/C22H27N5OS3/c1-7-27(8-2)9-15-24-20(18-12(4)14(6)31-22(18)25-15)29-10-16-23-19(28)17-11(3)13(5)30-21(17)26-16/h7-10H2,1-6H3,(H,23,26,28). The average molecular weight is 474 g/mol. The molecule has 6 nitrogen and oxygen atoms in total. The molecule has 9 heteroatoms. The third kappa shape index (κ3) is 4.28. The van der Waals surface area contributed by atoms with E-state index in [1.54, 1.807) is 34.4 Å². The molecule has 0 saturated heterocycles. The molecule has 0 aliphatic rings. The van der Waals surface area contributed by atoms with Crippen LogP contribution in [0.2, 0.25) is 0 Å². The van der Waals surface area contributed by atoms with Gasteiger partial charge in [-0.15, -0.1) is 22.7 Å². The Labute approximate surface area is 194 Å². The number of thioether (sulfide) groups is 1. The van der Waals surface area contributed by atoms with Crippen LogP contribution >= 0.6 is 34.4 Å². The quantitative estimate of drug-likeness (QED) is 0.288. The Kier molecular flexibility index (Phi) is 6.48. The van der Waals surface area contributed by atoms with Crippen molar-refractivity contribution in [2.45, 2.75) is 58.9 Å². The SMILES string of the molecule is CCN(CC)Cc1nc(SCc2nc3sc(C)c(C)c3c(=O)[nH]2)c2c(C)c(C)sc2n1. The molecule has 31 heavy (non-hydrogen) atoms. The van der Waals surface area contributed by atoms with Gasteiger partial charge in [-0.2, -0.15) is 0 Å². The van der Waals surface area contributed by atoms with Gasteiger partial charge >= 0.3 is 0 Å². The van der Waals surface area contributed by atoms with Crippen molar-refractivity contribution < 1.29 is 0 Å². The van der Waals surface area contributed by atoms with Gasteiger partial charge in [0.2, 0.25) is 0 Å². The fourth-order valence-corrected chi connectivity index (χ4v) is 6.72. The lowest BCUT2D eigenvalue weighted by Crippen LogP contribution is -2.23. The number of nitrogens with zero attached hydrogens (tertiary/aromatic N) is 4. The van der Waals surface area contributed by atoms with Crippen LogP contribution in [0.15, 0.2) is 9.82 Å². The van der Waals surface area contributed by atoms with E-state index in [9.17, 15) is 4.79 Å².